The highest BCUT2D eigenvalue weighted by Crippen LogP contribution is 2.17. The number of rotatable bonds is 6. The Kier molecular flexibility index (Phi) is 4.87. The van der Waals surface area contributed by atoms with Crippen LogP contribution < -0.4 is 15.8 Å². The number of carbonyl (C=O) groups excluding carboxylic acids is 2. The van der Waals surface area contributed by atoms with Crippen LogP contribution in [0.5, 0.6) is 5.75 Å². The maximum Gasteiger partial charge on any atom is 0.305 e. The van der Waals surface area contributed by atoms with Crippen molar-refractivity contribution in [1.29, 1.82) is 0 Å². The number of ether oxygens (including phenoxy) is 1. The molecule has 2 amide bonds. The maximum atomic E-state index is 11.9. The first-order valence-electron chi connectivity index (χ1n) is 5.40. The van der Waals surface area contributed by atoms with Crippen molar-refractivity contribution >= 4 is 17.8 Å². The molecule has 0 saturated carbocycles. The van der Waals surface area contributed by atoms with Gasteiger partial charge in [-0.1, -0.05) is 12.1 Å². The van der Waals surface area contributed by atoms with Gasteiger partial charge >= 0.3 is 5.97 Å². The molecule has 4 N–H and O–H groups in total. The third-order valence-electron chi connectivity index (χ3n) is 2.38. The predicted octanol–water partition coefficient (Wildman–Crippen LogP) is -0.246. The van der Waals surface area contributed by atoms with Crippen LogP contribution >= 0.6 is 0 Å². The first-order chi connectivity index (χ1) is 8.95. The summed E-state index contributed by atoms with van der Waals surface area (Å²) in [6.07, 6.45) is -0.573. The Labute approximate surface area is 109 Å². The summed E-state index contributed by atoms with van der Waals surface area (Å²) in [7, 11) is 1.40. The highest BCUT2D eigenvalue weighted by Gasteiger charge is 2.23. The van der Waals surface area contributed by atoms with Crippen molar-refractivity contribution in [3.05, 3.63) is 29.8 Å². The second-order valence-corrected chi connectivity index (χ2v) is 3.73. The van der Waals surface area contributed by atoms with E-state index in [1.165, 1.54) is 13.2 Å². The Morgan fingerprint density at radius 1 is 1.37 bits per heavy atom. The van der Waals surface area contributed by atoms with Gasteiger partial charge in [0.2, 0.25) is 5.91 Å². The lowest BCUT2D eigenvalue weighted by Gasteiger charge is -2.14. The molecule has 0 aliphatic heterocycles. The smallest absolute Gasteiger partial charge is 0.305 e. The number of carboxylic acids is 1. The standard InChI is InChI=1S/C12H14N2O5/c1-19-9-5-3-2-4-7(9)12(18)14-8(11(13)17)6-10(15)16/h2-5,8H,6H2,1H3,(H2,13,17)(H,14,18)(H,15,16). The largest absolute Gasteiger partial charge is 0.496 e. The average Bonchev–Trinajstić information content (AvgIpc) is 2.37. The highest BCUT2D eigenvalue weighted by atomic mass is 16.5. The lowest BCUT2D eigenvalue weighted by atomic mass is 10.1. The van der Waals surface area contributed by atoms with E-state index in [1.807, 2.05) is 0 Å². The molecule has 19 heavy (non-hydrogen) atoms. The maximum absolute atomic E-state index is 11.9. The molecular formula is C12H14N2O5. The molecule has 7 nitrogen and oxygen atoms in total. The molecule has 0 bridgehead atoms. The van der Waals surface area contributed by atoms with Gasteiger partial charge in [0, 0.05) is 0 Å². The molecule has 7 heteroatoms. The minimum absolute atomic E-state index is 0.196. The number of carboxylic acid groups (broad SMARTS) is 1. The second-order valence-electron chi connectivity index (χ2n) is 3.73. The molecule has 0 saturated heterocycles. The minimum atomic E-state index is -1.27. The van der Waals surface area contributed by atoms with Crippen molar-refractivity contribution in [3.63, 3.8) is 0 Å². The van der Waals surface area contributed by atoms with Gasteiger partial charge in [-0.3, -0.25) is 14.4 Å². The van der Waals surface area contributed by atoms with Crippen LogP contribution in [0.25, 0.3) is 0 Å². The second kappa shape index (κ2) is 6.39. The summed E-state index contributed by atoms with van der Waals surface area (Å²) in [6, 6.07) is 5.10. The van der Waals surface area contributed by atoms with E-state index in [9.17, 15) is 14.4 Å². The van der Waals surface area contributed by atoms with E-state index >= 15 is 0 Å². The van der Waals surface area contributed by atoms with Gasteiger partial charge < -0.3 is 20.9 Å². The van der Waals surface area contributed by atoms with E-state index < -0.39 is 30.2 Å². The summed E-state index contributed by atoms with van der Waals surface area (Å²) in [6.45, 7) is 0. The normalized spacial score (nSPS) is 11.4. The topological polar surface area (TPSA) is 119 Å². The van der Waals surface area contributed by atoms with Crippen molar-refractivity contribution in [2.75, 3.05) is 7.11 Å². The number of nitrogens with one attached hydrogen (secondary N) is 1. The molecule has 1 aromatic rings. The van der Waals surface area contributed by atoms with Crippen molar-refractivity contribution in [3.8, 4) is 5.75 Å². The molecule has 1 aromatic carbocycles. The fourth-order valence-corrected chi connectivity index (χ4v) is 1.47. The fraction of sp³-hybridized carbons (Fsp3) is 0.250. The molecule has 1 unspecified atom stereocenters. The van der Waals surface area contributed by atoms with E-state index in [2.05, 4.69) is 5.32 Å². The van der Waals surface area contributed by atoms with Crippen LogP contribution in [0.3, 0.4) is 0 Å². The molecule has 0 fully saturated rings. The van der Waals surface area contributed by atoms with Crippen LogP contribution in [0.2, 0.25) is 0 Å². The predicted molar refractivity (Wildman–Crippen MR) is 65.7 cm³/mol. The van der Waals surface area contributed by atoms with Crippen LogP contribution in [0, 0.1) is 0 Å². The van der Waals surface area contributed by atoms with Crippen LogP contribution in [0.15, 0.2) is 24.3 Å². The van der Waals surface area contributed by atoms with E-state index in [1.54, 1.807) is 18.2 Å². The number of aliphatic carboxylic acids is 1. The number of para-hydroxylation sites is 1. The van der Waals surface area contributed by atoms with Gasteiger partial charge in [0.15, 0.2) is 0 Å². The lowest BCUT2D eigenvalue weighted by molar-refractivity contribution is -0.139. The minimum Gasteiger partial charge on any atom is -0.496 e. The molecule has 1 atom stereocenters. The molecule has 0 radical (unpaired) electrons. The van der Waals surface area contributed by atoms with Crippen molar-refractivity contribution < 1.29 is 24.2 Å². The molecule has 0 aliphatic carbocycles. The van der Waals surface area contributed by atoms with E-state index in [0.29, 0.717) is 5.75 Å². The number of primary amides is 1. The Morgan fingerprint density at radius 3 is 2.53 bits per heavy atom. The number of hydrogen-bond acceptors (Lipinski definition) is 4. The van der Waals surface area contributed by atoms with Gasteiger partial charge in [0.1, 0.15) is 11.8 Å². The quantitative estimate of drug-likeness (QED) is 0.656. The Balaban J connectivity index is 2.87. The van der Waals surface area contributed by atoms with Gasteiger partial charge in [0.05, 0.1) is 19.1 Å². The molecule has 1 rings (SSSR count). The zero-order valence-corrected chi connectivity index (χ0v) is 10.3. The van der Waals surface area contributed by atoms with Crippen molar-refractivity contribution in [1.82, 2.24) is 5.32 Å². The summed E-state index contributed by atoms with van der Waals surface area (Å²) in [4.78, 5) is 33.6. The molecule has 0 heterocycles. The Bertz CT molecular complexity index is 501. The molecular weight excluding hydrogens is 252 g/mol. The van der Waals surface area contributed by atoms with Crippen LogP contribution in [-0.2, 0) is 9.59 Å². The van der Waals surface area contributed by atoms with Crippen LogP contribution in [0.4, 0.5) is 0 Å². The number of nitrogens with two attached hydrogens (primary N) is 1. The SMILES string of the molecule is COc1ccccc1C(=O)NC(CC(=O)O)C(N)=O. The highest BCUT2D eigenvalue weighted by molar-refractivity contribution is 6.00. The fourth-order valence-electron chi connectivity index (χ4n) is 1.47. The summed E-state index contributed by atoms with van der Waals surface area (Å²) in [5.74, 6) is -2.45. The third-order valence-corrected chi connectivity index (χ3v) is 2.38. The molecule has 0 spiro atoms. The zero-order chi connectivity index (χ0) is 14.4. The first kappa shape index (κ1) is 14.5. The van der Waals surface area contributed by atoms with E-state index in [4.69, 9.17) is 15.6 Å². The zero-order valence-electron chi connectivity index (χ0n) is 10.3. The van der Waals surface area contributed by atoms with E-state index in [-0.39, 0.29) is 5.56 Å². The number of hydrogen-bond donors (Lipinski definition) is 3. The monoisotopic (exact) mass is 266 g/mol. The van der Waals surface area contributed by atoms with Gasteiger partial charge in [-0.2, -0.15) is 0 Å². The third kappa shape index (κ3) is 3.98. The number of benzene rings is 1. The van der Waals surface area contributed by atoms with Gasteiger partial charge in [-0.15, -0.1) is 0 Å². The number of amides is 2. The first-order valence-corrected chi connectivity index (χ1v) is 5.40. The average molecular weight is 266 g/mol. The number of methoxy groups -OCH3 is 1. The molecule has 102 valence electrons. The van der Waals surface area contributed by atoms with Crippen molar-refractivity contribution in [2.24, 2.45) is 5.73 Å². The summed E-state index contributed by atoms with van der Waals surface area (Å²) < 4.78 is 5.00. The molecule has 0 aliphatic rings. The number of carbonyl (C=O) groups is 3. The summed E-state index contributed by atoms with van der Waals surface area (Å²) in [5, 5.41) is 10.9. The van der Waals surface area contributed by atoms with Gasteiger partial charge in [-0.25, -0.2) is 0 Å². The van der Waals surface area contributed by atoms with Gasteiger partial charge in [-0.05, 0) is 12.1 Å². The lowest BCUT2D eigenvalue weighted by Crippen LogP contribution is -2.45. The Hall–Kier alpha value is -2.57. The van der Waals surface area contributed by atoms with E-state index in [0.717, 1.165) is 0 Å². The van der Waals surface area contributed by atoms with Crippen molar-refractivity contribution in [2.45, 2.75) is 12.5 Å². The Morgan fingerprint density at radius 2 is 2.00 bits per heavy atom. The van der Waals surface area contributed by atoms with Gasteiger partial charge in [0.25, 0.3) is 5.91 Å². The molecule has 0 aromatic heterocycles. The van der Waals surface area contributed by atoms with Crippen LogP contribution in [-0.4, -0.2) is 36.0 Å². The summed E-state index contributed by atoms with van der Waals surface area (Å²) >= 11 is 0. The summed E-state index contributed by atoms with van der Waals surface area (Å²) in [5.41, 5.74) is 5.23. The van der Waals surface area contributed by atoms with Crippen LogP contribution in [0.1, 0.15) is 16.8 Å².